The van der Waals surface area contributed by atoms with Crippen LogP contribution in [-0.2, 0) is 32.3 Å². The van der Waals surface area contributed by atoms with Crippen molar-refractivity contribution in [2.45, 2.75) is 44.2 Å². The molecule has 2 unspecified atom stereocenters. The summed E-state index contributed by atoms with van der Waals surface area (Å²) >= 11 is 0. The number of tetrazole rings is 1. The van der Waals surface area contributed by atoms with Crippen LogP contribution in [0.5, 0.6) is 11.5 Å². The Bertz CT molecular complexity index is 2120. The second kappa shape index (κ2) is 15.5. The van der Waals surface area contributed by atoms with Crippen LogP contribution < -0.4 is 25.4 Å². The Labute approximate surface area is 303 Å². The van der Waals surface area contributed by atoms with E-state index in [1.54, 1.807) is 22.9 Å². The van der Waals surface area contributed by atoms with Gasteiger partial charge in [0.05, 0.1) is 11.7 Å². The molecule has 7 rings (SSSR count). The van der Waals surface area contributed by atoms with E-state index in [2.05, 4.69) is 38.1 Å². The van der Waals surface area contributed by atoms with E-state index in [9.17, 15) is 32.3 Å². The molecule has 1 fully saturated rings. The maximum atomic E-state index is 13.2. The highest BCUT2D eigenvalue weighted by Crippen LogP contribution is 2.34. The summed E-state index contributed by atoms with van der Waals surface area (Å²) in [6.07, 6.45) is -3.39. The minimum absolute atomic E-state index is 0.195. The molecule has 4 heterocycles. The van der Waals surface area contributed by atoms with Gasteiger partial charge in [-0.2, -0.15) is 17.9 Å². The summed E-state index contributed by atoms with van der Waals surface area (Å²) in [5.74, 6) is -2.32. The quantitative estimate of drug-likeness (QED) is 0.144. The molecular weight excluding hydrogens is 717 g/mol. The SMILES string of the molecule is C=CC(=O)Nc1ccc(C(NCc2ccc3c(c2)CN(C2CCC(=O)NC2=O)C3=O)c2nnnn2-c2ccc3c(c2)OCCO3)cc1.O=C(O)C(F)(F)F. The molecule has 4 aromatic rings. The largest absolute Gasteiger partial charge is 0.490 e. The molecule has 3 aliphatic heterocycles. The number of hydrogen-bond donors (Lipinski definition) is 4. The Hall–Kier alpha value is -6.63. The summed E-state index contributed by atoms with van der Waals surface area (Å²) < 4.78 is 44.8. The van der Waals surface area contributed by atoms with Crippen LogP contribution in [0.25, 0.3) is 5.69 Å². The van der Waals surface area contributed by atoms with Crippen LogP contribution in [0, 0.1) is 0 Å². The molecule has 0 spiro atoms. The Balaban J connectivity index is 0.000000649. The third-order valence-electron chi connectivity index (χ3n) is 8.56. The van der Waals surface area contributed by atoms with Gasteiger partial charge in [0, 0.05) is 36.8 Å². The summed E-state index contributed by atoms with van der Waals surface area (Å²) in [5, 5.41) is 28.4. The van der Waals surface area contributed by atoms with E-state index in [0.29, 0.717) is 60.4 Å². The van der Waals surface area contributed by atoms with Crippen molar-refractivity contribution >= 4 is 35.3 Å². The molecule has 2 atom stereocenters. The monoisotopic (exact) mass is 748 g/mol. The fourth-order valence-corrected chi connectivity index (χ4v) is 5.99. The number of ether oxygens (including phenoxy) is 2. The van der Waals surface area contributed by atoms with Crippen molar-refractivity contribution in [3.05, 3.63) is 101 Å². The van der Waals surface area contributed by atoms with Crippen molar-refractivity contribution in [3.63, 3.8) is 0 Å². The second-order valence-corrected chi connectivity index (χ2v) is 12.1. The van der Waals surface area contributed by atoms with Crippen molar-refractivity contribution in [3.8, 4) is 17.2 Å². The van der Waals surface area contributed by atoms with Gasteiger partial charge in [0.2, 0.25) is 17.7 Å². The number of benzene rings is 3. The molecule has 54 heavy (non-hydrogen) atoms. The number of hydrogen-bond acceptors (Lipinski definition) is 11. The Morgan fingerprint density at radius 3 is 2.44 bits per heavy atom. The third kappa shape index (κ3) is 8.20. The lowest BCUT2D eigenvalue weighted by molar-refractivity contribution is -0.192. The average molecular weight is 749 g/mol. The number of carbonyl (C=O) groups excluding carboxylic acids is 4. The molecule has 280 valence electrons. The Kier molecular flexibility index (Phi) is 10.7. The zero-order valence-electron chi connectivity index (χ0n) is 28.1. The molecule has 3 aliphatic rings. The smallest absolute Gasteiger partial charge is 0.486 e. The number of fused-ring (bicyclic) bond motifs is 2. The minimum atomic E-state index is -5.08. The molecule has 16 nitrogen and oxygen atoms in total. The first-order valence-corrected chi connectivity index (χ1v) is 16.3. The average Bonchev–Trinajstić information content (AvgIpc) is 3.76. The number of alkyl halides is 3. The van der Waals surface area contributed by atoms with Crippen molar-refractivity contribution in [1.29, 1.82) is 0 Å². The van der Waals surface area contributed by atoms with E-state index in [-0.39, 0.29) is 30.7 Å². The van der Waals surface area contributed by atoms with E-state index in [1.165, 1.54) is 11.0 Å². The molecule has 19 heteroatoms. The summed E-state index contributed by atoms with van der Waals surface area (Å²) in [6.45, 7) is 5.07. The molecule has 0 saturated carbocycles. The maximum Gasteiger partial charge on any atom is 0.490 e. The van der Waals surface area contributed by atoms with E-state index in [1.807, 2.05) is 42.5 Å². The van der Waals surface area contributed by atoms with Crippen LogP contribution in [0.4, 0.5) is 18.9 Å². The van der Waals surface area contributed by atoms with Crippen molar-refractivity contribution in [2.24, 2.45) is 0 Å². The highest BCUT2D eigenvalue weighted by atomic mass is 19.4. The van der Waals surface area contributed by atoms with Crippen molar-refractivity contribution in [1.82, 2.24) is 35.7 Å². The number of nitrogens with zero attached hydrogens (tertiary/aromatic N) is 5. The number of amides is 4. The fourth-order valence-electron chi connectivity index (χ4n) is 5.99. The molecule has 1 saturated heterocycles. The van der Waals surface area contributed by atoms with Crippen LogP contribution in [0.1, 0.15) is 51.8 Å². The van der Waals surface area contributed by atoms with Crippen molar-refractivity contribution < 1.29 is 51.7 Å². The maximum absolute atomic E-state index is 13.2. The number of nitrogens with one attached hydrogen (secondary N) is 3. The van der Waals surface area contributed by atoms with Gasteiger partial charge in [-0.05, 0) is 69.9 Å². The predicted octanol–water partition coefficient (Wildman–Crippen LogP) is 2.83. The van der Waals surface area contributed by atoms with Gasteiger partial charge in [0.15, 0.2) is 17.3 Å². The molecule has 0 aliphatic carbocycles. The van der Waals surface area contributed by atoms with Gasteiger partial charge in [0.1, 0.15) is 19.3 Å². The Morgan fingerprint density at radius 1 is 1.04 bits per heavy atom. The predicted molar refractivity (Wildman–Crippen MR) is 180 cm³/mol. The zero-order chi connectivity index (χ0) is 38.6. The number of anilines is 1. The second-order valence-electron chi connectivity index (χ2n) is 12.1. The fraction of sp³-hybridized carbons (Fsp3) is 0.257. The van der Waals surface area contributed by atoms with Gasteiger partial charge in [0.25, 0.3) is 5.91 Å². The first kappa shape index (κ1) is 37.1. The van der Waals surface area contributed by atoms with Gasteiger partial charge in [-0.1, -0.05) is 30.8 Å². The van der Waals surface area contributed by atoms with Gasteiger partial charge in [-0.3, -0.25) is 29.8 Å². The number of rotatable bonds is 9. The number of piperidine rings is 1. The Morgan fingerprint density at radius 2 is 1.76 bits per heavy atom. The molecule has 4 N–H and O–H groups in total. The van der Waals surface area contributed by atoms with Gasteiger partial charge < -0.3 is 24.8 Å². The van der Waals surface area contributed by atoms with Gasteiger partial charge >= 0.3 is 12.1 Å². The lowest BCUT2D eigenvalue weighted by Crippen LogP contribution is -2.52. The van der Waals surface area contributed by atoms with Gasteiger partial charge in [-0.15, -0.1) is 5.10 Å². The lowest BCUT2D eigenvalue weighted by Gasteiger charge is -2.29. The van der Waals surface area contributed by atoms with E-state index >= 15 is 0 Å². The normalized spacial score (nSPS) is 16.8. The van der Waals surface area contributed by atoms with Gasteiger partial charge in [-0.25, -0.2) is 4.79 Å². The molecular formula is C35H31F3N8O8. The number of aromatic nitrogens is 4. The minimum Gasteiger partial charge on any atom is -0.486 e. The number of carboxylic acids is 1. The first-order valence-electron chi connectivity index (χ1n) is 16.3. The highest BCUT2D eigenvalue weighted by Gasteiger charge is 2.39. The number of imide groups is 1. The summed E-state index contributed by atoms with van der Waals surface area (Å²) in [5.41, 5.74) is 4.36. The molecule has 1 aromatic heterocycles. The van der Waals surface area contributed by atoms with Crippen LogP contribution >= 0.6 is 0 Å². The lowest BCUT2D eigenvalue weighted by atomic mass is 10.0. The third-order valence-corrected chi connectivity index (χ3v) is 8.56. The summed E-state index contributed by atoms with van der Waals surface area (Å²) in [4.78, 5) is 59.6. The molecule has 4 amide bonds. The highest BCUT2D eigenvalue weighted by molar-refractivity contribution is 6.05. The number of aliphatic carboxylic acids is 1. The van der Waals surface area contributed by atoms with Crippen LogP contribution in [-0.4, -0.2) is 85.2 Å². The number of halogens is 3. The van der Waals surface area contributed by atoms with E-state index in [0.717, 1.165) is 16.7 Å². The standard InChI is InChI=1S/C33H30N8O6.C2HF3O2/c1-2-28(42)35-22-6-4-20(5-7-22)30(31-37-38-39-41(31)23-8-11-26-27(16-23)47-14-13-46-26)34-17-19-3-9-24-21(15-19)18-40(33(24)45)25-10-12-29(43)36-32(25)44;3-2(4,5)1(6)7/h2-9,11,15-16,25,30,34H,1,10,12-14,17-18H2,(H,35,42)(H,36,43,44);(H,6,7). The summed E-state index contributed by atoms with van der Waals surface area (Å²) in [7, 11) is 0. The first-order chi connectivity index (χ1) is 25.8. The van der Waals surface area contributed by atoms with Crippen LogP contribution in [0.2, 0.25) is 0 Å². The van der Waals surface area contributed by atoms with E-state index in [4.69, 9.17) is 19.4 Å². The van der Waals surface area contributed by atoms with Crippen LogP contribution in [0.3, 0.4) is 0 Å². The van der Waals surface area contributed by atoms with Crippen molar-refractivity contribution in [2.75, 3.05) is 18.5 Å². The van der Waals surface area contributed by atoms with Crippen LogP contribution in [0.15, 0.2) is 73.3 Å². The van der Waals surface area contributed by atoms with E-state index < -0.39 is 30.1 Å². The molecule has 0 bridgehead atoms. The zero-order valence-corrected chi connectivity index (χ0v) is 28.1. The molecule has 0 radical (unpaired) electrons. The summed E-state index contributed by atoms with van der Waals surface area (Å²) in [6, 6.07) is 17.2. The number of carbonyl (C=O) groups is 5. The topological polar surface area (TPSA) is 207 Å². The molecule has 3 aromatic carbocycles. The number of carboxylic acid groups (broad SMARTS) is 1.